The van der Waals surface area contributed by atoms with Gasteiger partial charge in [0.15, 0.2) is 0 Å². The van der Waals surface area contributed by atoms with Crippen molar-refractivity contribution in [2.45, 2.75) is 0 Å². The molecule has 9 aromatic rings. The van der Waals surface area contributed by atoms with Gasteiger partial charge in [0.2, 0.25) is 0 Å². The highest BCUT2D eigenvalue weighted by Crippen LogP contribution is 2.33. The van der Waals surface area contributed by atoms with Gasteiger partial charge in [-0.15, -0.1) is 0 Å². The Morgan fingerprint density at radius 2 is 0.854 bits per heavy atom. The first kappa shape index (κ1) is 27.6. The second kappa shape index (κ2) is 11.6. The van der Waals surface area contributed by atoms with Gasteiger partial charge >= 0.3 is 0 Å². The standard InChI is InChI=1S/C41H25N7/c1-4-21-42-32(10-1)33-19-16-27-14-13-26-15-18-31(45-38(26)39(27)46-33)30-9-7-8-28(24-30)29-17-20-34-37(25-29)48-41(36-12-3-6-23-44-36)40(47-34)35-11-2-5-22-43-35/h1-25H. The van der Waals surface area contributed by atoms with E-state index in [1.165, 1.54) is 0 Å². The summed E-state index contributed by atoms with van der Waals surface area (Å²) in [5.74, 6) is 0. The van der Waals surface area contributed by atoms with E-state index >= 15 is 0 Å². The normalized spacial score (nSPS) is 11.3. The maximum absolute atomic E-state index is 5.16. The highest BCUT2D eigenvalue weighted by atomic mass is 14.9. The molecule has 48 heavy (non-hydrogen) atoms. The fraction of sp³-hybridized carbons (Fsp3) is 0. The number of pyridine rings is 5. The molecule has 224 valence electrons. The van der Waals surface area contributed by atoms with Crippen LogP contribution in [-0.4, -0.2) is 34.9 Å². The Hall–Kier alpha value is -6.73. The lowest BCUT2D eigenvalue weighted by Gasteiger charge is -2.11. The molecule has 7 nitrogen and oxygen atoms in total. The quantitative estimate of drug-likeness (QED) is 0.178. The minimum absolute atomic E-state index is 0.695. The summed E-state index contributed by atoms with van der Waals surface area (Å²) in [6, 6.07) is 44.5. The van der Waals surface area contributed by atoms with Crippen molar-refractivity contribution in [1.82, 2.24) is 34.9 Å². The van der Waals surface area contributed by atoms with Crippen LogP contribution in [0.5, 0.6) is 0 Å². The Labute approximate surface area is 275 Å². The van der Waals surface area contributed by atoms with Gasteiger partial charge in [-0.05, 0) is 77.9 Å². The van der Waals surface area contributed by atoms with E-state index in [1.54, 1.807) is 18.6 Å². The van der Waals surface area contributed by atoms with E-state index in [1.807, 2.05) is 66.7 Å². The lowest BCUT2D eigenvalue weighted by Crippen LogP contribution is -1.98. The first-order valence-electron chi connectivity index (χ1n) is 15.6. The largest absolute Gasteiger partial charge is 0.255 e. The van der Waals surface area contributed by atoms with Crippen LogP contribution in [0.15, 0.2) is 152 Å². The SMILES string of the molecule is c1ccc(-c2ccc3ccc4ccc(-c5cccc(-c6ccc7nc(-c8ccccn8)c(-c8ccccn8)nc7c6)c5)nc4c3n2)nc1. The van der Waals surface area contributed by atoms with Crippen molar-refractivity contribution in [3.05, 3.63) is 152 Å². The van der Waals surface area contributed by atoms with Gasteiger partial charge in [-0.2, -0.15) is 0 Å². The van der Waals surface area contributed by atoms with Gasteiger partial charge in [-0.3, -0.25) is 15.0 Å². The third kappa shape index (κ3) is 5.00. The van der Waals surface area contributed by atoms with E-state index in [4.69, 9.17) is 19.9 Å². The van der Waals surface area contributed by atoms with Crippen LogP contribution in [0.3, 0.4) is 0 Å². The van der Waals surface area contributed by atoms with Gasteiger partial charge < -0.3 is 0 Å². The highest BCUT2D eigenvalue weighted by molar-refractivity contribution is 6.04. The van der Waals surface area contributed by atoms with Gasteiger partial charge in [0.1, 0.15) is 11.4 Å². The first-order valence-corrected chi connectivity index (χ1v) is 15.6. The lowest BCUT2D eigenvalue weighted by molar-refractivity contribution is 1.21. The van der Waals surface area contributed by atoms with Gasteiger partial charge in [-0.1, -0.05) is 66.7 Å². The van der Waals surface area contributed by atoms with E-state index in [0.717, 1.165) is 78.0 Å². The summed E-state index contributed by atoms with van der Waals surface area (Å²) in [5.41, 5.74) is 11.8. The molecule has 6 heterocycles. The van der Waals surface area contributed by atoms with E-state index in [9.17, 15) is 0 Å². The molecule has 9 rings (SSSR count). The number of hydrogen-bond donors (Lipinski definition) is 0. The lowest BCUT2D eigenvalue weighted by atomic mass is 10.00. The smallest absolute Gasteiger partial charge is 0.117 e. The molecule has 0 aliphatic carbocycles. The van der Waals surface area contributed by atoms with Gasteiger partial charge in [-0.25, -0.2) is 19.9 Å². The predicted molar refractivity (Wildman–Crippen MR) is 191 cm³/mol. The van der Waals surface area contributed by atoms with Gasteiger partial charge in [0.05, 0.1) is 50.5 Å². The van der Waals surface area contributed by atoms with Crippen LogP contribution >= 0.6 is 0 Å². The molecule has 0 unspecified atom stereocenters. The van der Waals surface area contributed by atoms with Crippen molar-refractivity contribution in [3.8, 4) is 56.5 Å². The number of rotatable bonds is 5. The monoisotopic (exact) mass is 615 g/mol. The van der Waals surface area contributed by atoms with Crippen LogP contribution in [-0.2, 0) is 0 Å². The van der Waals surface area contributed by atoms with Crippen molar-refractivity contribution >= 4 is 32.8 Å². The summed E-state index contributed by atoms with van der Waals surface area (Å²) in [6.45, 7) is 0. The molecule has 0 radical (unpaired) electrons. The third-order valence-electron chi connectivity index (χ3n) is 8.42. The van der Waals surface area contributed by atoms with Crippen molar-refractivity contribution in [1.29, 1.82) is 0 Å². The summed E-state index contributed by atoms with van der Waals surface area (Å²) in [4.78, 5) is 33.9. The predicted octanol–water partition coefficient (Wildman–Crippen LogP) is 9.25. The second-order valence-electron chi connectivity index (χ2n) is 11.5. The fourth-order valence-corrected chi connectivity index (χ4v) is 6.04. The topological polar surface area (TPSA) is 90.2 Å². The molecule has 3 aromatic carbocycles. The fourth-order valence-electron chi connectivity index (χ4n) is 6.04. The van der Waals surface area contributed by atoms with Crippen LogP contribution < -0.4 is 0 Å². The van der Waals surface area contributed by atoms with E-state index in [-0.39, 0.29) is 0 Å². The molecule has 0 fully saturated rings. The first-order chi connectivity index (χ1) is 23.8. The van der Waals surface area contributed by atoms with Crippen LogP contribution in [0.4, 0.5) is 0 Å². The third-order valence-corrected chi connectivity index (χ3v) is 8.42. The molecule has 0 spiro atoms. The molecule has 0 aliphatic rings. The Morgan fingerprint density at radius 3 is 1.50 bits per heavy atom. The Balaban J connectivity index is 1.13. The Morgan fingerprint density at radius 1 is 0.312 bits per heavy atom. The summed E-state index contributed by atoms with van der Waals surface area (Å²) >= 11 is 0. The Kier molecular flexibility index (Phi) is 6.64. The van der Waals surface area contributed by atoms with E-state index < -0.39 is 0 Å². The highest BCUT2D eigenvalue weighted by Gasteiger charge is 2.16. The molecule has 0 saturated carbocycles. The van der Waals surface area contributed by atoms with Crippen molar-refractivity contribution < 1.29 is 0 Å². The van der Waals surface area contributed by atoms with E-state index in [0.29, 0.717) is 11.4 Å². The van der Waals surface area contributed by atoms with Crippen molar-refractivity contribution in [2.24, 2.45) is 0 Å². The summed E-state index contributed by atoms with van der Waals surface area (Å²) in [7, 11) is 0. The maximum atomic E-state index is 5.16. The summed E-state index contributed by atoms with van der Waals surface area (Å²) < 4.78 is 0. The second-order valence-corrected chi connectivity index (χ2v) is 11.5. The minimum Gasteiger partial charge on any atom is -0.255 e. The molecule has 7 heteroatoms. The average molecular weight is 616 g/mol. The number of hydrogen-bond acceptors (Lipinski definition) is 7. The molecule has 6 aromatic heterocycles. The van der Waals surface area contributed by atoms with Gasteiger partial charge in [0, 0.05) is 34.9 Å². The van der Waals surface area contributed by atoms with Crippen LogP contribution in [0.25, 0.3) is 89.4 Å². The van der Waals surface area contributed by atoms with Crippen LogP contribution in [0.2, 0.25) is 0 Å². The minimum atomic E-state index is 0.695. The Bertz CT molecular complexity index is 2610. The molecule has 0 amide bonds. The molecule has 0 atom stereocenters. The zero-order chi connectivity index (χ0) is 31.9. The van der Waals surface area contributed by atoms with Gasteiger partial charge in [0.25, 0.3) is 0 Å². The van der Waals surface area contributed by atoms with E-state index in [2.05, 4.69) is 81.7 Å². The molecular weight excluding hydrogens is 591 g/mol. The summed E-state index contributed by atoms with van der Waals surface area (Å²) in [5, 5.41) is 2.07. The number of aromatic nitrogens is 7. The van der Waals surface area contributed by atoms with Crippen LogP contribution in [0.1, 0.15) is 0 Å². The molecular formula is C41H25N7. The molecule has 0 bridgehead atoms. The number of benzene rings is 3. The van der Waals surface area contributed by atoms with Crippen LogP contribution in [0, 0.1) is 0 Å². The van der Waals surface area contributed by atoms with Crippen molar-refractivity contribution in [2.75, 3.05) is 0 Å². The van der Waals surface area contributed by atoms with Crippen molar-refractivity contribution in [3.63, 3.8) is 0 Å². The zero-order valence-electron chi connectivity index (χ0n) is 25.6. The molecule has 0 saturated heterocycles. The molecule has 0 aliphatic heterocycles. The number of nitrogens with zero attached hydrogens (tertiary/aromatic N) is 7. The summed E-state index contributed by atoms with van der Waals surface area (Å²) in [6.07, 6.45) is 5.32. The maximum Gasteiger partial charge on any atom is 0.117 e. The average Bonchev–Trinajstić information content (AvgIpc) is 3.18. The number of fused-ring (bicyclic) bond motifs is 4. The molecule has 0 N–H and O–H groups in total. The zero-order valence-corrected chi connectivity index (χ0v) is 25.6.